The molecule has 1 fully saturated rings. The number of primary amides is 1. The van der Waals surface area contributed by atoms with Gasteiger partial charge in [-0.2, -0.15) is 0 Å². The Morgan fingerprint density at radius 3 is 2.40 bits per heavy atom. The van der Waals surface area contributed by atoms with E-state index in [9.17, 15) is 9.59 Å². The van der Waals surface area contributed by atoms with E-state index in [2.05, 4.69) is 16.0 Å². The van der Waals surface area contributed by atoms with E-state index in [1.165, 1.54) is 12.8 Å². The van der Waals surface area contributed by atoms with Crippen molar-refractivity contribution in [1.29, 1.82) is 0 Å². The van der Waals surface area contributed by atoms with Crippen LogP contribution in [0.4, 0.5) is 4.79 Å². The van der Waals surface area contributed by atoms with Gasteiger partial charge in [-0.3, -0.25) is 4.79 Å². The van der Waals surface area contributed by atoms with Crippen LogP contribution < -0.4 is 21.7 Å². The first-order valence-electron chi connectivity index (χ1n) is 5.22. The van der Waals surface area contributed by atoms with Crippen molar-refractivity contribution >= 4 is 11.9 Å². The van der Waals surface area contributed by atoms with Crippen LogP contribution in [0.2, 0.25) is 0 Å². The number of nitrogens with one attached hydrogen (secondary N) is 3. The number of nitrogens with two attached hydrogens (primary N) is 1. The zero-order valence-corrected chi connectivity index (χ0v) is 8.71. The number of amides is 3. The molecule has 1 aliphatic rings. The molecule has 1 aliphatic carbocycles. The Balaban J connectivity index is 1.86. The minimum atomic E-state index is -0.570. The van der Waals surface area contributed by atoms with Crippen molar-refractivity contribution in [3.63, 3.8) is 0 Å². The van der Waals surface area contributed by atoms with Gasteiger partial charge >= 0.3 is 6.03 Å². The van der Waals surface area contributed by atoms with Crippen molar-refractivity contribution in [3.8, 4) is 0 Å². The van der Waals surface area contributed by atoms with Gasteiger partial charge < -0.3 is 21.7 Å². The maximum atomic E-state index is 11.2. The summed E-state index contributed by atoms with van der Waals surface area (Å²) in [4.78, 5) is 21.5. The molecule has 0 heterocycles. The Bertz CT molecular complexity index is 228. The smallest absolute Gasteiger partial charge is 0.312 e. The molecule has 3 amide bonds. The zero-order valence-electron chi connectivity index (χ0n) is 8.71. The molecule has 6 nitrogen and oxygen atoms in total. The largest absolute Gasteiger partial charge is 0.354 e. The molecule has 0 aromatic heterocycles. The van der Waals surface area contributed by atoms with Gasteiger partial charge in [-0.15, -0.1) is 0 Å². The maximum absolute atomic E-state index is 11.2. The minimum Gasteiger partial charge on any atom is -0.354 e. The summed E-state index contributed by atoms with van der Waals surface area (Å²) in [7, 11) is 0. The normalized spacial score (nSPS) is 14.7. The number of hydrogen-bond acceptors (Lipinski definition) is 3. The molecule has 0 radical (unpaired) electrons. The van der Waals surface area contributed by atoms with Crippen LogP contribution >= 0.6 is 0 Å². The van der Waals surface area contributed by atoms with Crippen molar-refractivity contribution in [2.24, 2.45) is 5.73 Å². The third-order valence-electron chi connectivity index (χ3n) is 2.11. The van der Waals surface area contributed by atoms with E-state index < -0.39 is 6.03 Å². The molecule has 0 aliphatic heterocycles. The van der Waals surface area contributed by atoms with Crippen molar-refractivity contribution in [2.75, 3.05) is 19.6 Å². The highest BCUT2D eigenvalue weighted by molar-refractivity contribution is 5.76. The Hall–Kier alpha value is -1.30. The second-order valence-corrected chi connectivity index (χ2v) is 3.62. The van der Waals surface area contributed by atoms with Gasteiger partial charge in [0.15, 0.2) is 0 Å². The molecule has 0 unspecified atom stereocenters. The standard InChI is InChI=1S/C9H18N4O2/c10-9(15)13-6-5-12-8(14)3-4-11-7-1-2-7/h7,11H,1-6H2,(H,12,14)(H3,10,13,15). The fourth-order valence-electron chi connectivity index (χ4n) is 1.15. The van der Waals surface area contributed by atoms with E-state index in [0.29, 0.717) is 25.6 Å². The molecule has 0 aromatic carbocycles. The summed E-state index contributed by atoms with van der Waals surface area (Å²) in [5.74, 6) is -0.00517. The summed E-state index contributed by atoms with van der Waals surface area (Å²) >= 11 is 0. The molecule has 0 spiro atoms. The fourth-order valence-corrected chi connectivity index (χ4v) is 1.15. The second-order valence-electron chi connectivity index (χ2n) is 3.62. The number of hydrogen-bond donors (Lipinski definition) is 4. The molecule has 1 rings (SSSR count). The number of carbonyl (C=O) groups is 2. The lowest BCUT2D eigenvalue weighted by Crippen LogP contribution is -2.37. The number of urea groups is 1. The molecule has 0 saturated heterocycles. The SMILES string of the molecule is NC(=O)NCCNC(=O)CCNC1CC1. The fraction of sp³-hybridized carbons (Fsp3) is 0.778. The minimum absolute atomic E-state index is 0.00517. The van der Waals surface area contributed by atoms with E-state index in [1.807, 2.05) is 0 Å². The Labute approximate surface area is 89.0 Å². The Morgan fingerprint density at radius 1 is 1.13 bits per heavy atom. The van der Waals surface area contributed by atoms with Gasteiger partial charge in [0.2, 0.25) is 5.91 Å². The summed E-state index contributed by atoms with van der Waals surface area (Å²) < 4.78 is 0. The molecule has 0 aromatic rings. The molecular formula is C9H18N4O2. The summed E-state index contributed by atoms with van der Waals surface area (Å²) in [5, 5.41) is 8.32. The molecule has 86 valence electrons. The number of rotatable bonds is 7. The molecule has 6 heteroatoms. The van der Waals surface area contributed by atoms with Crippen LogP contribution in [0.15, 0.2) is 0 Å². The van der Waals surface area contributed by atoms with Gasteiger partial charge in [0, 0.05) is 32.1 Å². The zero-order chi connectivity index (χ0) is 11.1. The summed E-state index contributed by atoms with van der Waals surface area (Å²) in [6.45, 7) is 1.52. The maximum Gasteiger partial charge on any atom is 0.312 e. The predicted octanol–water partition coefficient (Wildman–Crippen LogP) is -1.09. The highest BCUT2D eigenvalue weighted by atomic mass is 16.2. The van der Waals surface area contributed by atoms with Gasteiger partial charge in [-0.25, -0.2) is 4.79 Å². The third kappa shape index (κ3) is 6.73. The molecular weight excluding hydrogens is 196 g/mol. The first-order valence-corrected chi connectivity index (χ1v) is 5.22. The predicted molar refractivity (Wildman–Crippen MR) is 56.2 cm³/mol. The summed E-state index contributed by atoms with van der Waals surface area (Å²) in [6, 6.07) is 0.0639. The summed E-state index contributed by atoms with van der Waals surface area (Å²) in [5.41, 5.74) is 4.86. The average molecular weight is 214 g/mol. The molecule has 5 N–H and O–H groups in total. The third-order valence-corrected chi connectivity index (χ3v) is 2.11. The van der Waals surface area contributed by atoms with Crippen molar-refractivity contribution < 1.29 is 9.59 Å². The quantitative estimate of drug-likeness (QED) is 0.406. The van der Waals surface area contributed by atoms with Gasteiger partial charge in [0.1, 0.15) is 0 Å². The van der Waals surface area contributed by atoms with Crippen molar-refractivity contribution in [3.05, 3.63) is 0 Å². The van der Waals surface area contributed by atoms with Crippen molar-refractivity contribution in [1.82, 2.24) is 16.0 Å². The van der Waals surface area contributed by atoms with Gasteiger partial charge in [0.25, 0.3) is 0 Å². The Morgan fingerprint density at radius 2 is 1.80 bits per heavy atom. The average Bonchev–Trinajstić information content (AvgIpc) is 2.96. The highest BCUT2D eigenvalue weighted by Crippen LogP contribution is 2.18. The monoisotopic (exact) mass is 214 g/mol. The lowest BCUT2D eigenvalue weighted by atomic mass is 10.4. The summed E-state index contributed by atoms with van der Waals surface area (Å²) in [6.07, 6.45) is 2.93. The molecule has 15 heavy (non-hydrogen) atoms. The van der Waals surface area contributed by atoms with E-state index in [1.54, 1.807) is 0 Å². The van der Waals surface area contributed by atoms with Gasteiger partial charge in [-0.05, 0) is 12.8 Å². The van der Waals surface area contributed by atoms with Crippen LogP contribution in [0, 0.1) is 0 Å². The first kappa shape index (κ1) is 11.8. The molecule has 0 bridgehead atoms. The van der Waals surface area contributed by atoms with Crippen molar-refractivity contribution in [2.45, 2.75) is 25.3 Å². The van der Waals surface area contributed by atoms with E-state index in [-0.39, 0.29) is 5.91 Å². The van der Waals surface area contributed by atoms with Gasteiger partial charge in [0.05, 0.1) is 0 Å². The molecule has 1 saturated carbocycles. The lowest BCUT2D eigenvalue weighted by Gasteiger charge is -2.05. The van der Waals surface area contributed by atoms with E-state index >= 15 is 0 Å². The van der Waals surface area contributed by atoms with Crippen LogP contribution in [0.3, 0.4) is 0 Å². The van der Waals surface area contributed by atoms with E-state index in [0.717, 1.165) is 6.54 Å². The van der Waals surface area contributed by atoms with Crippen LogP contribution in [0.25, 0.3) is 0 Å². The second kappa shape index (κ2) is 6.23. The highest BCUT2D eigenvalue weighted by Gasteiger charge is 2.19. The first-order chi connectivity index (χ1) is 7.18. The van der Waals surface area contributed by atoms with E-state index in [4.69, 9.17) is 5.73 Å². The van der Waals surface area contributed by atoms with Crippen LogP contribution in [-0.2, 0) is 4.79 Å². The topological polar surface area (TPSA) is 96.2 Å². The van der Waals surface area contributed by atoms with Gasteiger partial charge in [-0.1, -0.05) is 0 Å². The van der Waals surface area contributed by atoms with Crippen LogP contribution in [-0.4, -0.2) is 37.6 Å². The van der Waals surface area contributed by atoms with Crippen LogP contribution in [0.1, 0.15) is 19.3 Å². The Kier molecular flexibility index (Phi) is 4.89. The lowest BCUT2D eigenvalue weighted by molar-refractivity contribution is -0.120. The van der Waals surface area contributed by atoms with Crippen LogP contribution in [0.5, 0.6) is 0 Å². The molecule has 0 atom stereocenters. The number of carbonyl (C=O) groups excluding carboxylic acids is 2.